The predicted octanol–water partition coefficient (Wildman–Crippen LogP) is 2.01. The molecule has 2 rings (SSSR count). The largest absolute Gasteiger partial charge is 0.339 e. The van der Waals surface area contributed by atoms with E-state index in [4.69, 9.17) is 0 Å². The van der Waals surface area contributed by atoms with E-state index in [1.807, 2.05) is 25.1 Å². The molecular formula is C14H16N4OS. The minimum atomic E-state index is -0.188. The van der Waals surface area contributed by atoms with Gasteiger partial charge >= 0.3 is 0 Å². The quantitative estimate of drug-likeness (QED) is 0.788. The fraction of sp³-hybridized carbons (Fsp3) is 0.286. The number of thioether (sulfide) groups is 1. The van der Waals surface area contributed by atoms with E-state index < -0.39 is 0 Å². The highest BCUT2D eigenvalue weighted by Gasteiger charge is 2.19. The van der Waals surface area contributed by atoms with Gasteiger partial charge in [-0.05, 0) is 19.1 Å². The summed E-state index contributed by atoms with van der Waals surface area (Å²) in [5, 5.41) is 0.660. The highest BCUT2D eigenvalue weighted by Crippen LogP contribution is 2.22. The van der Waals surface area contributed by atoms with Crippen molar-refractivity contribution in [1.29, 1.82) is 0 Å². The number of aromatic nitrogens is 3. The van der Waals surface area contributed by atoms with Gasteiger partial charge in [0.2, 0.25) is 5.91 Å². The molecule has 2 heterocycles. The molecule has 20 heavy (non-hydrogen) atoms. The molecule has 0 saturated heterocycles. The number of hydrogen-bond donors (Lipinski definition) is 0. The number of nitrogens with zero attached hydrogens (tertiary/aromatic N) is 4. The molecule has 0 aliphatic heterocycles. The van der Waals surface area contributed by atoms with Crippen LogP contribution in [0.5, 0.6) is 0 Å². The Morgan fingerprint density at radius 3 is 2.80 bits per heavy atom. The fourth-order valence-corrected chi connectivity index (χ4v) is 2.61. The molecule has 0 aliphatic carbocycles. The van der Waals surface area contributed by atoms with E-state index in [-0.39, 0.29) is 11.2 Å². The number of carbonyl (C=O) groups is 1. The standard InChI is InChI=1S/C14H16N4OS/c1-11(20-13-5-3-4-6-17-13)14(19)18(2)10-12-9-15-7-8-16-12/h3-9,11H,10H2,1-2H3/t11-/m0/s1. The molecule has 6 heteroatoms. The van der Waals surface area contributed by atoms with Gasteiger partial charge in [-0.2, -0.15) is 0 Å². The van der Waals surface area contributed by atoms with Crippen LogP contribution < -0.4 is 0 Å². The first-order chi connectivity index (χ1) is 9.66. The third kappa shape index (κ3) is 4.03. The maximum absolute atomic E-state index is 12.3. The second-order valence-electron chi connectivity index (χ2n) is 4.32. The summed E-state index contributed by atoms with van der Waals surface area (Å²) < 4.78 is 0. The Bertz CT molecular complexity index is 500. The maximum Gasteiger partial charge on any atom is 0.235 e. The number of carbonyl (C=O) groups excluding carboxylic acids is 1. The summed E-state index contributed by atoms with van der Waals surface area (Å²) >= 11 is 1.45. The maximum atomic E-state index is 12.3. The van der Waals surface area contributed by atoms with Gasteiger partial charge in [0.15, 0.2) is 0 Å². The van der Waals surface area contributed by atoms with Crippen molar-refractivity contribution in [1.82, 2.24) is 19.9 Å². The highest BCUT2D eigenvalue weighted by atomic mass is 32.2. The van der Waals surface area contributed by atoms with Gasteiger partial charge in [-0.1, -0.05) is 17.8 Å². The smallest absolute Gasteiger partial charge is 0.235 e. The second-order valence-corrected chi connectivity index (χ2v) is 5.68. The number of pyridine rings is 1. The third-order valence-corrected chi connectivity index (χ3v) is 3.71. The van der Waals surface area contributed by atoms with Crippen LogP contribution in [0, 0.1) is 0 Å². The number of hydrogen-bond acceptors (Lipinski definition) is 5. The summed E-state index contributed by atoms with van der Waals surface area (Å²) in [6, 6.07) is 5.67. The molecule has 0 unspecified atom stereocenters. The molecule has 104 valence electrons. The zero-order valence-corrected chi connectivity index (χ0v) is 12.2. The molecular weight excluding hydrogens is 272 g/mol. The van der Waals surface area contributed by atoms with Gasteiger partial charge in [0.05, 0.1) is 28.7 Å². The molecule has 1 atom stereocenters. The average Bonchev–Trinajstić information content (AvgIpc) is 2.48. The topological polar surface area (TPSA) is 59.0 Å². The number of rotatable bonds is 5. The van der Waals surface area contributed by atoms with Gasteiger partial charge in [-0.25, -0.2) is 4.98 Å². The van der Waals surface area contributed by atoms with E-state index >= 15 is 0 Å². The van der Waals surface area contributed by atoms with Gasteiger partial charge in [0.1, 0.15) is 0 Å². The van der Waals surface area contributed by atoms with E-state index in [1.165, 1.54) is 11.8 Å². The van der Waals surface area contributed by atoms with E-state index in [9.17, 15) is 4.79 Å². The first kappa shape index (κ1) is 14.5. The first-order valence-electron chi connectivity index (χ1n) is 6.24. The van der Waals surface area contributed by atoms with Crippen molar-refractivity contribution in [2.45, 2.75) is 23.7 Å². The Morgan fingerprint density at radius 1 is 1.30 bits per heavy atom. The molecule has 0 N–H and O–H groups in total. The number of amides is 1. The molecule has 1 amide bonds. The first-order valence-corrected chi connectivity index (χ1v) is 7.12. The molecule has 0 aliphatic rings. The molecule has 0 saturated carbocycles. The van der Waals surface area contributed by atoms with E-state index in [1.54, 1.807) is 36.7 Å². The lowest BCUT2D eigenvalue weighted by molar-refractivity contribution is -0.129. The van der Waals surface area contributed by atoms with Gasteiger partial charge in [-0.3, -0.25) is 14.8 Å². The van der Waals surface area contributed by atoms with Crippen molar-refractivity contribution >= 4 is 17.7 Å². The zero-order valence-electron chi connectivity index (χ0n) is 11.4. The molecule has 5 nitrogen and oxygen atoms in total. The summed E-state index contributed by atoms with van der Waals surface area (Å²) in [6.07, 6.45) is 6.63. The Labute approximate surface area is 122 Å². The van der Waals surface area contributed by atoms with Crippen molar-refractivity contribution in [3.05, 3.63) is 48.7 Å². The van der Waals surface area contributed by atoms with Crippen LogP contribution in [0.15, 0.2) is 48.0 Å². The fourth-order valence-electron chi connectivity index (χ4n) is 1.69. The van der Waals surface area contributed by atoms with Crippen LogP contribution in [-0.4, -0.2) is 38.1 Å². The SMILES string of the molecule is C[C@H](Sc1ccccn1)C(=O)N(C)Cc1cnccn1. The molecule has 2 aromatic rings. The summed E-state index contributed by atoms with van der Waals surface area (Å²) in [5.41, 5.74) is 0.776. The lowest BCUT2D eigenvalue weighted by atomic mass is 10.3. The molecule has 0 spiro atoms. The molecule has 0 bridgehead atoms. The Morgan fingerprint density at radius 2 is 2.15 bits per heavy atom. The van der Waals surface area contributed by atoms with Crippen LogP contribution in [0.2, 0.25) is 0 Å². The van der Waals surface area contributed by atoms with Crippen LogP contribution in [0.3, 0.4) is 0 Å². The van der Waals surface area contributed by atoms with Crippen molar-refractivity contribution in [3.8, 4) is 0 Å². The van der Waals surface area contributed by atoms with Crippen LogP contribution in [0.25, 0.3) is 0 Å². The summed E-state index contributed by atoms with van der Waals surface area (Å²) in [7, 11) is 1.77. The minimum Gasteiger partial charge on any atom is -0.339 e. The monoisotopic (exact) mass is 288 g/mol. The predicted molar refractivity (Wildman–Crippen MR) is 78.1 cm³/mol. The summed E-state index contributed by atoms with van der Waals surface area (Å²) in [4.78, 5) is 26.3. The van der Waals surface area contributed by atoms with Gasteiger partial charge in [0.25, 0.3) is 0 Å². The van der Waals surface area contributed by atoms with Gasteiger partial charge in [-0.15, -0.1) is 0 Å². The minimum absolute atomic E-state index is 0.0475. The van der Waals surface area contributed by atoms with E-state index in [2.05, 4.69) is 15.0 Å². The molecule has 0 fully saturated rings. The molecule has 2 aromatic heterocycles. The van der Waals surface area contributed by atoms with Crippen LogP contribution >= 0.6 is 11.8 Å². The van der Waals surface area contributed by atoms with Crippen molar-refractivity contribution < 1.29 is 4.79 Å². The second kappa shape index (κ2) is 7.00. The van der Waals surface area contributed by atoms with Crippen LogP contribution in [0.4, 0.5) is 0 Å². The van der Waals surface area contributed by atoms with Crippen molar-refractivity contribution in [2.24, 2.45) is 0 Å². The lowest BCUT2D eigenvalue weighted by Gasteiger charge is -2.20. The highest BCUT2D eigenvalue weighted by molar-refractivity contribution is 8.00. The van der Waals surface area contributed by atoms with Crippen molar-refractivity contribution in [3.63, 3.8) is 0 Å². The average molecular weight is 288 g/mol. The van der Waals surface area contributed by atoms with Gasteiger partial charge in [0, 0.05) is 25.6 Å². The Hall–Kier alpha value is -1.95. The summed E-state index contributed by atoms with van der Waals surface area (Å²) in [5.74, 6) is 0.0475. The van der Waals surface area contributed by atoms with Crippen LogP contribution in [0.1, 0.15) is 12.6 Å². The summed E-state index contributed by atoms with van der Waals surface area (Å²) in [6.45, 7) is 2.34. The lowest BCUT2D eigenvalue weighted by Crippen LogP contribution is -2.33. The Kier molecular flexibility index (Phi) is 5.06. The van der Waals surface area contributed by atoms with Crippen LogP contribution in [-0.2, 0) is 11.3 Å². The van der Waals surface area contributed by atoms with Gasteiger partial charge < -0.3 is 4.90 Å². The normalized spacial score (nSPS) is 11.9. The van der Waals surface area contributed by atoms with E-state index in [0.29, 0.717) is 6.54 Å². The van der Waals surface area contributed by atoms with Crippen molar-refractivity contribution in [2.75, 3.05) is 7.05 Å². The zero-order chi connectivity index (χ0) is 14.4. The third-order valence-electron chi connectivity index (χ3n) is 2.68. The van der Waals surface area contributed by atoms with E-state index in [0.717, 1.165) is 10.7 Å². The molecule has 0 aromatic carbocycles. The molecule has 0 radical (unpaired) electrons. The Balaban J connectivity index is 1.93.